The number of likely N-dealkylation sites (tertiary alicyclic amines) is 1. The molecule has 0 unspecified atom stereocenters. The standard InChI is InChI=1S/C29H33ClF3N3O3S/c1-39-20-9-10-25-22(18-20)21(24(30)19-34-25)6-4-11-28(27(37)35-38)12-15-36(16-13-28)14-5-17-40-26-8-3-2-7-23(26)29(31,32)33/h2-3,7-10,18-19,38H,4-6,11-17H2,1H3,(H,35,37). The number of alkyl halides is 3. The van der Waals surface area contributed by atoms with Crippen LogP contribution in [0.2, 0.25) is 5.02 Å². The van der Waals surface area contributed by atoms with Crippen LogP contribution in [0.3, 0.4) is 0 Å². The Bertz CT molecular complexity index is 1320. The number of carbonyl (C=O) groups excluding carboxylic acids is 1. The molecule has 2 N–H and O–H groups in total. The Morgan fingerprint density at radius 3 is 2.65 bits per heavy atom. The lowest BCUT2D eigenvalue weighted by molar-refractivity contribution is -0.143. The van der Waals surface area contributed by atoms with Crippen LogP contribution in [0.1, 0.15) is 43.2 Å². The van der Waals surface area contributed by atoms with Crippen molar-refractivity contribution in [1.29, 1.82) is 0 Å². The van der Waals surface area contributed by atoms with Crippen LogP contribution < -0.4 is 10.2 Å². The lowest BCUT2D eigenvalue weighted by Gasteiger charge is -2.40. The van der Waals surface area contributed by atoms with Crippen molar-refractivity contribution in [2.24, 2.45) is 5.41 Å². The molecule has 216 valence electrons. The third-order valence-corrected chi connectivity index (χ3v) is 9.17. The second-order valence-electron chi connectivity index (χ2n) is 10.1. The van der Waals surface area contributed by atoms with E-state index < -0.39 is 17.2 Å². The van der Waals surface area contributed by atoms with E-state index in [2.05, 4.69) is 9.88 Å². The number of benzene rings is 2. The number of thioether (sulfide) groups is 1. The molecule has 0 radical (unpaired) electrons. The monoisotopic (exact) mass is 595 g/mol. The van der Waals surface area contributed by atoms with Gasteiger partial charge in [0.25, 0.3) is 0 Å². The molecule has 3 aromatic rings. The average molecular weight is 596 g/mol. The van der Waals surface area contributed by atoms with Crippen LogP contribution in [-0.2, 0) is 17.4 Å². The molecule has 0 atom stereocenters. The summed E-state index contributed by atoms with van der Waals surface area (Å²) in [6.07, 6.45) is 1.10. The van der Waals surface area contributed by atoms with E-state index in [1.165, 1.54) is 23.9 Å². The van der Waals surface area contributed by atoms with Crippen LogP contribution in [0.5, 0.6) is 5.75 Å². The van der Waals surface area contributed by atoms with Gasteiger partial charge in [0, 0.05) is 16.5 Å². The maximum Gasteiger partial charge on any atom is 0.417 e. The molecule has 2 heterocycles. The van der Waals surface area contributed by atoms with E-state index in [4.69, 9.17) is 16.3 Å². The van der Waals surface area contributed by atoms with E-state index in [0.29, 0.717) is 61.7 Å². The van der Waals surface area contributed by atoms with Crippen molar-refractivity contribution in [3.63, 3.8) is 0 Å². The van der Waals surface area contributed by atoms with E-state index in [-0.39, 0.29) is 10.8 Å². The van der Waals surface area contributed by atoms with Crippen molar-refractivity contribution < 1.29 is 27.9 Å². The summed E-state index contributed by atoms with van der Waals surface area (Å²) in [6.45, 7) is 2.08. The molecule has 0 spiro atoms. The fraction of sp³-hybridized carbons (Fsp3) is 0.448. The van der Waals surface area contributed by atoms with Gasteiger partial charge in [-0.05, 0) is 99.8 Å². The fourth-order valence-electron chi connectivity index (χ4n) is 5.40. The van der Waals surface area contributed by atoms with Gasteiger partial charge >= 0.3 is 6.18 Å². The number of piperidine rings is 1. The zero-order chi connectivity index (χ0) is 28.8. The van der Waals surface area contributed by atoms with Crippen molar-refractivity contribution in [3.05, 3.63) is 64.8 Å². The lowest BCUT2D eigenvalue weighted by Crippen LogP contribution is -2.48. The molecular formula is C29H33ClF3N3O3S. The molecule has 1 aliphatic rings. The highest BCUT2D eigenvalue weighted by molar-refractivity contribution is 7.99. The number of nitrogens with zero attached hydrogens (tertiary/aromatic N) is 2. The van der Waals surface area contributed by atoms with E-state index in [9.17, 15) is 23.2 Å². The molecule has 0 aliphatic carbocycles. The number of halogens is 4. The predicted molar refractivity (Wildman–Crippen MR) is 151 cm³/mol. The second kappa shape index (κ2) is 13.4. The summed E-state index contributed by atoms with van der Waals surface area (Å²) in [6, 6.07) is 11.3. The smallest absolute Gasteiger partial charge is 0.417 e. The van der Waals surface area contributed by atoms with E-state index >= 15 is 0 Å². The highest BCUT2D eigenvalue weighted by Crippen LogP contribution is 2.39. The quantitative estimate of drug-likeness (QED) is 0.108. The van der Waals surface area contributed by atoms with Crippen LogP contribution in [-0.4, -0.2) is 53.5 Å². The number of fused-ring (bicyclic) bond motifs is 1. The number of pyridine rings is 1. The highest BCUT2D eigenvalue weighted by atomic mass is 35.5. The summed E-state index contributed by atoms with van der Waals surface area (Å²) in [4.78, 5) is 19.7. The molecule has 0 bridgehead atoms. The normalized spacial score (nSPS) is 15.8. The first-order valence-electron chi connectivity index (χ1n) is 13.2. The molecule has 1 aromatic heterocycles. The number of aryl methyl sites for hydroxylation is 1. The molecular weight excluding hydrogens is 563 g/mol. The number of ether oxygens (including phenoxy) is 1. The molecule has 6 nitrogen and oxygen atoms in total. The topological polar surface area (TPSA) is 74.7 Å². The molecule has 1 aliphatic heterocycles. The highest BCUT2D eigenvalue weighted by Gasteiger charge is 2.40. The van der Waals surface area contributed by atoms with Crippen LogP contribution in [0.25, 0.3) is 10.9 Å². The predicted octanol–water partition coefficient (Wildman–Crippen LogP) is 7.01. The molecule has 1 amide bonds. The summed E-state index contributed by atoms with van der Waals surface area (Å²) in [5.74, 6) is 0.903. The van der Waals surface area contributed by atoms with Gasteiger partial charge in [-0.15, -0.1) is 11.8 Å². The van der Waals surface area contributed by atoms with Gasteiger partial charge in [-0.3, -0.25) is 15.0 Å². The Hall–Kier alpha value is -2.53. The lowest BCUT2D eigenvalue weighted by atomic mass is 9.73. The molecule has 0 saturated carbocycles. The maximum absolute atomic E-state index is 13.2. The number of rotatable bonds is 11. The largest absolute Gasteiger partial charge is 0.497 e. The van der Waals surface area contributed by atoms with E-state index in [1.807, 2.05) is 23.7 Å². The summed E-state index contributed by atoms with van der Waals surface area (Å²) in [5, 5.41) is 11.0. The van der Waals surface area contributed by atoms with Crippen LogP contribution in [0, 0.1) is 5.41 Å². The van der Waals surface area contributed by atoms with Crippen LogP contribution in [0.15, 0.2) is 53.6 Å². The number of amides is 1. The van der Waals surface area contributed by atoms with Gasteiger partial charge in [0.2, 0.25) is 5.91 Å². The summed E-state index contributed by atoms with van der Waals surface area (Å²) >= 11 is 7.72. The molecule has 11 heteroatoms. The zero-order valence-electron chi connectivity index (χ0n) is 22.3. The van der Waals surface area contributed by atoms with Gasteiger partial charge in [-0.2, -0.15) is 13.2 Å². The number of methoxy groups -OCH3 is 1. The Morgan fingerprint density at radius 1 is 1.20 bits per heavy atom. The van der Waals surface area contributed by atoms with Gasteiger partial charge in [-0.25, -0.2) is 5.48 Å². The minimum Gasteiger partial charge on any atom is -0.497 e. The SMILES string of the molecule is COc1ccc2ncc(Cl)c(CCCC3(C(=O)NO)CCN(CCCSc4ccccc4C(F)(F)F)CC3)c2c1. The third kappa shape index (κ3) is 7.21. The maximum atomic E-state index is 13.2. The summed E-state index contributed by atoms with van der Waals surface area (Å²) < 4.78 is 45.1. The molecule has 1 fully saturated rings. The molecule has 40 heavy (non-hydrogen) atoms. The summed E-state index contributed by atoms with van der Waals surface area (Å²) in [5.41, 5.74) is 2.35. The number of nitrogens with one attached hydrogen (secondary N) is 1. The zero-order valence-corrected chi connectivity index (χ0v) is 23.8. The van der Waals surface area contributed by atoms with E-state index in [0.717, 1.165) is 35.5 Å². The van der Waals surface area contributed by atoms with Gasteiger partial charge in [0.05, 0.1) is 28.6 Å². The Labute approximate surface area is 241 Å². The second-order valence-corrected chi connectivity index (χ2v) is 11.6. The van der Waals surface area contributed by atoms with Crippen molar-refractivity contribution in [3.8, 4) is 5.75 Å². The molecule has 2 aromatic carbocycles. The fourth-order valence-corrected chi connectivity index (χ4v) is 6.65. The Kier molecular flexibility index (Phi) is 10.2. The Morgan fingerprint density at radius 2 is 1.95 bits per heavy atom. The van der Waals surface area contributed by atoms with Crippen molar-refractivity contribution in [2.45, 2.75) is 49.6 Å². The number of hydrogen-bond acceptors (Lipinski definition) is 6. The van der Waals surface area contributed by atoms with Gasteiger partial charge < -0.3 is 9.64 Å². The average Bonchev–Trinajstić information content (AvgIpc) is 2.96. The number of aromatic nitrogens is 1. The van der Waals surface area contributed by atoms with Crippen LogP contribution in [0.4, 0.5) is 13.2 Å². The molecule has 1 saturated heterocycles. The molecule has 4 rings (SSSR count). The summed E-state index contributed by atoms with van der Waals surface area (Å²) in [7, 11) is 1.61. The first-order valence-corrected chi connectivity index (χ1v) is 14.6. The minimum atomic E-state index is -4.37. The van der Waals surface area contributed by atoms with Gasteiger partial charge in [0.1, 0.15) is 5.75 Å². The first kappa shape index (κ1) is 30.4. The van der Waals surface area contributed by atoms with Crippen molar-refractivity contribution >= 4 is 40.2 Å². The van der Waals surface area contributed by atoms with Crippen molar-refractivity contribution in [1.82, 2.24) is 15.4 Å². The number of hydrogen-bond donors (Lipinski definition) is 2. The van der Waals surface area contributed by atoms with E-state index in [1.54, 1.807) is 19.4 Å². The number of hydroxylamine groups is 1. The van der Waals surface area contributed by atoms with Crippen LogP contribution >= 0.6 is 23.4 Å². The van der Waals surface area contributed by atoms with Gasteiger partial charge in [0.15, 0.2) is 0 Å². The first-order chi connectivity index (χ1) is 19.2. The number of carbonyl (C=O) groups is 1. The minimum absolute atomic E-state index is 0.243. The third-order valence-electron chi connectivity index (χ3n) is 7.68. The Balaban J connectivity index is 1.31. The van der Waals surface area contributed by atoms with Gasteiger partial charge in [-0.1, -0.05) is 23.7 Å². The van der Waals surface area contributed by atoms with Crippen molar-refractivity contribution in [2.75, 3.05) is 32.5 Å².